The van der Waals surface area contributed by atoms with Crippen LogP contribution in [0.5, 0.6) is 5.88 Å². The van der Waals surface area contributed by atoms with Gasteiger partial charge in [0, 0.05) is 18.2 Å². The summed E-state index contributed by atoms with van der Waals surface area (Å²) in [6.07, 6.45) is -6.18. The highest BCUT2D eigenvalue weighted by molar-refractivity contribution is 8.44. The molecule has 1 saturated carbocycles. The molecule has 3 aromatic heterocycles. The third-order valence-electron chi connectivity index (χ3n) is 6.90. The molecule has 10 atom stereocenters. The lowest BCUT2D eigenvalue weighted by Crippen LogP contribution is -2.35. The highest BCUT2D eigenvalue weighted by atomic mass is 32.7. The molecule has 0 unspecified atom stereocenters. The lowest BCUT2D eigenvalue weighted by Gasteiger charge is -2.27. The van der Waals surface area contributed by atoms with E-state index in [1.807, 2.05) is 0 Å². The molecule has 22 heteroatoms. The number of nitrogens with one attached hydrogen (secondary N) is 1. The predicted octanol–water partition coefficient (Wildman–Crippen LogP) is 1.45. The largest absolute Gasteiger partial charge is 0.471 e. The Morgan fingerprint density at radius 3 is 2.64 bits per heavy atom. The minimum Gasteiger partial charge on any atom is -0.471 e. The number of anilines is 1. The van der Waals surface area contributed by atoms with Crippen LogP contribution in [0, 0.1) is 5.92 Å². The zero-order valence-electron chi connectivity index (χ0n) is 21.2. The summed E-state index contributed by atoms with van der Waals surface area (Å²) < 4.78 is 77.0. The number of aliphatic hydroxyl groups excluding tert-OH is 1. The van der Waals surface area contributed by atoms with Crippen molar-refractivity contribution in [3.63, 3.8) is 0 Å². The average Bonchev–Trinajstić information content (AvgIpc) is 3.57. The van der Waals surface area contributed by atoms with Crippen molar-refractivity contribution in [1.29, 1.82) is 0 Å². The molecule has 1 aliphatic carbocycles. The van der Waals surface area contributed by atoms with Crippen LogP contribution in [0.2, 0.25) is 0 Å². The van der Waals surface area contributed by atoms with E-state index in [1.165, 1.54) is 29.5 Å². The van der Waals surface area contributed by atoms with Crippen LogP contribution in [0.15, 0.2) is 29.7 Å². The predicted molar refractivity (Wildman–Crippen MR) is 147 cm³/mol. The van der Waals surface area contributed by atoms with Crippen molar-refractivity contribution in [3.05, 3.63) is 35.3 Å². The van der Waals surface area contributed by atoms with E-state index in [-0.39, 0.29) is 29.4 Å². The fourth-order valence-corrected chi connectivity index (χ4v) is 8.03. The number of rotatable bonds is 3. The number of fused-ring (bicyclic) bond motifs is 4. The molecule has 2 saturated heterocycles. The Morgan fingerprint density at radius 1 is 1.17 bits per heavy atom. The number of H-pyrrole nitrogens is 1. The summed E-state index contributed by atoms with van der Waals surface area (Å²) in [4.78, 5) is 30.4. The SMILES string of the molecule is Nc1nc2c(ncn2[C@@H]2O[C@@H]3CO[P@@](=O)(S)O[C@@H]4[C@@H](CO[P@](=O)(S)O[C@@H]2[C@@H]3O)C[C@@H](Oc2ccncn2)[C@@H]4F)c(=O)[nH]1. The van der Waals surface area contributed by atoms with Gasteiger partial charge in [0.2, 0.25) is 11.8 Å². The quantitative estimate of drug-likeness (QED) is 0.197. The van der Waals surface area contributed by atoms with Gasteiger partial charge in [-0.3, -0.25) is 27.9 Å². The molecular formula is C20H24FN7O10P2S2. The monoisotopic (exact) mass is 667 g/mol. The fourth-order valence-electron chi connectivity index (χ4n) is 5.01. The molecule has 6 rings (SSSR count). The first-order chi connectivity index (χ1) is 19.9. The molecule has 17 nitrogen and oxygen atoms in total. The second-order valence-electron chi connectivity index (χ2n) is 9.64. The van der Waals surface area contributed by atoms with Crippen LogP contribution in [-0.4, -0.2) is 84.5 Å². The number of alkyl halides is 1. The van der Waals surface area contributed by atoms with Crippen molar-refractivity contribution >= 4 is 55.2 Å². The molecule has 0 spiro atoms. The highest BCUT2D eigenvalue weighted by Gasteiger charge is 2.53. The van der Waals surface area contributed by atoms with E-state index in [0.29, 0.717) is 0 Å². The molecule has 42 heavy (non-hydrogen) atoms. The van der Waals surface area contributed by atoms with Gasteiger partial charge >= 0.3 is 13.6 Å². The standard InChI is InChI=1S/C20H24FN7O10P2S2/c21-12-9(35-11-1-2-23-6-24-11)3-8-4-33-39(31,41)38-16-14(29)10(5-34-40(32,42)37-15(8)12)36-19(16)28-7-25-13-17(28)26-20(22)27-18(13)30/h1-2,6-10,12,14-16,19,29H,3-5H2,(H,31,41)(H,32,42)(H3,22,26,27,30)/t8-,9-,10-,12+,14-,15-,16-,19-,39+,40-/m1/s1. The lowest BCUT2D eigenvalue weighted by molar-refractivity contribution is -0.0501. The van der Waals surface area contributed by atoms with Crippen molar-refractivity contribution in [2.24, 2.45) is 5.92 Å². The third-order valence-corrected chi connectivity index (χ3v) is 10.1. The van der Waals surface area contributed by atoms with Crippen molar-refractivity contribution in [3.8, 4) is 5.88 Å². The van der Waals surface area contributed by atoms with E-state index in [0.717, 1.165) is 0 Å². The minimum absolute atomic E-state index is 0.0273. The van der Waals surface area contributed by atoms with Crippen molar-refractivity contribution in [2.45, 2.75) is 49.3 Å². The van der Waals surface area contributed by atoms with Crippen molar-refractivity contribution in [2.75, 3.05) is 18.9 Å². The number of thiol groups is 2. The van der Waals surface area contributed by atoms with Crippen molar-refractivity contribution in [1.82, 2.24) is 29.5 Å². The second kappa shape index (κ2) is 11.4. The fraction of sp³-hybridized carbons (Fsp3) is 0.550. The van der Waals surface area contributed by atoms with E-state index in [9.17, 15) is 19.0 Å². The Bertz CT molecular complexity index is 1620. The molecule has 4 N–H and O–H groups in total. The number of imidazole rings is 1. The number of hydrogen-bond donors (Lipinski definition) is 5. The normalized spacial score (nSPS) is 39.2. The topological polar surface area (TPSA) is 225 Å². The summed E-state index contributed by atoms with van der Waals surface area (Å²) in [6, 6.07) is 1.43. The number of nitrogen functional groups attached to an aromatic ring is 1. The summed E-state index contributed by atoms with van der Waals surface area (Å²) in [5.74, 6) is -0.991. The third kappa shape index (κ3) is 5.97. The van der Waals surface area contributed by atoms with Gasteiger partial charge in [0.05, 0.1) is 19.5 Å². The molecule has 0 aromatic carbocycles. The Kier molecular flexibility index (Phi) is 8.14. The summed E-state index contributed by atoms with van der Waals surface area (Å²) in [7, 11) is 0. The maximum absolute atomic E-state index is 15.6. The van der Waals surface area contributed by atoms with E-state index in [1.54, 1.807) is 0 Å². The van der Waals surface area contributed by atoms with Gasteiger partial charge in [0.15, 0.2) is 23.6 Å². The Hall–Kier alpha value is -2.12. The molecule has 0 radical (unpaired) electrons. The second-order valence-corrected chi connectivity index (χ2v) is 15.4. The molecule has 5 heterocycles. The molecule has 228 valence electrons. The van der Waals surface area contributed by atoms with Gasteiger partial charge in [-0.1, -0.05) is 24.5 Å². The van der Waals surface area contributed by atoms with Crippen LogP contribution < -0.4 is 16.0 Å². The van der Waals surface area contributed by atoms with Crippen LogP contribution in [0.1, 0.15) is 12.6 Å². The van der Waals surface area contributed by atoms with Crippen LogP contribution in [0.4, 0.5) is 10.3 Å². The lowest BCUT2D eigenvalue weighted by atomic mass is 10.1. The first-order valence-corrected chi connectivity index (χ1v) is 17.7. The maximum Gasteiger partial charge on any atom is 0.386 e. The van der Waals surface area contributed by atoms with E-state index >= 15 is 4.39 Å². The highest BCUT2D eigenvalue weighted by Crippen LogP contribution is 2.60. The van der Waals surface area contributed by atoms with Gasteiger partial charge in [-0.25, -0.2) is 28.5 Å². The average molecular weight is 668 g/mol. The molecule has 2 aliphatic heterocycles. The first kappa shape index (κ1) is 29.9. The number of nitrogens with zero attached hydrogens (tertiary/aromatic N) is 5. The summed E-state index contributed by atoms with van der Waals surface area (Å²) in [5.41, 5.74) is 4.92. The van der Waals surface area contributed by atoms with Gasteiger partial charge in [-0.15, -0.1) is 0 Å². The number of aliphatic hydroxyl groups is 1. The van der Waals surface area contributed by atoms with Gasteiger partial charge < -0.3 is 24.8 Å². The van der Waals surface area contributed by atoms with Gasteiger partial charge in [-0.05, 0) is 6.42 Å². The van der Waals surface area contributed by atoms with E-state index in [4.69, 9.17) is 33.3 Å². The summed E-state index contributed by atoms with van der Waals surface area (Å²) >= 11 is 8.05. The summed E-state index contributed by atoms with van der Waals surface area (Å²) in [5, 5.41) is 11.1. The molecule has 0 amide bonds. The first-order valence-electron chi connectivity index (χ1n) is 12.3. The summed E-state index contributed by atoms with van der Waals surface area (Å²) in [6.45, 7) is -9.61. The maximum atomic E-state index is 15.6. The Labute approximate surface area is 246 Å². The number of halogens is 1. The van der Waals surface area contributed by atoms with E-state index in [2.05, 4.69) is 49.4 Å². The van der Waals surface area contributed by atoms with Crippen LogP contribution in [-0.2, 0) is 32.0 Å². The minimum atomic E-state index is -4.30. The number of aromatic amines is 1. The van der Waals surface area contributed by atoms with Gasteiger partial charge in [0.25, 0.3) is 5.56 Å². The molecule has 3 fully saturated rings. The molecule has 3 aliphatic rings. The van der Waals surface area contributed by atoms with Crippen molar-refractivity contribution < 1.29 is 46.2 Å². The van der Waals surface area contributed by atoms with Crippen LogP contribution in [0.3, 0.4) is 0 Å². The van der Waals surface area contributed by atoms with Crippen LogP contribution >= 0.6 is 38.1 Å². The van der Waals surface area contributed by atoms with E-state index < -0.39 is 81.2 Å². The van der Waals surface area contributed by atoms with Gasteiger partial charge in [0.1, 0.15) is 36.8 Å². The Balaban J connectivity index is 1.29. The van der Waals surface area contributed by atoms with Crippen LogP contribution in [0.25, 0.3) is 11.2 Å². The number of ether oxygens (including phenoxy) is 2. The van der Waals surface area contributed by atoms with Gasteiger partial charge in [-0.2, -0.15) is 4.98 Å². The Morgan fingerprint density at radius 2 is 1.90 bits per heavy atom. The smallest absolute Gasteiger partial charge is 0.386 e. The number of nitrogens with two attached hydrogens (primary N) is 1. The number of aromatic nitrogens is 6. The molecule has 2 bridgehead atoms. The zero-order valence-corrected chi connectivity index (χ0v) is 24.7. The molecular weight excluding hydrogens is 643 g/mol. The number of hydrogen-bond acceptors (Lipinski definition) is 15. The molecule has 3 aromatic rings. The zero-order chi connectivity index (χ0) is 29.8.